The zero-order valence-corrected chi connectivity index (χ0v) is 11.5. The number of aromatic nitrogens is 1. The molecule has 1 aliphatic rings. The third-order valence-corrected chi connectivity index (χ3v) is 3.43. The Morgan fingerprint density at radius 2 is 2.25 bits per heavy atom. The molecule has 1 aromatic carbocycles. The summed E-state index contributed by atoms with van der Waals surface area (Å²) >= 11 is 0. The van der Waals surface area contributed by atoms with Crippen LogP contribution in [0.2, 0.25) is 0 Å². The summed E-state index contributed by atoms with van der Waals surface area (Å²) in [5.74, 6) is -0.234. The summed E-state index contributed by atoms with van der Waals surface area (Å²) in [5.41, 5.74) is 3.21. The average molecular weight is 272 g/mol. The largest absolute Gasteiger partial charge is 0.389 e. The van der Waals surface area contributed by atoms with Crippen molar-refractivity contribution in [3.8, 4) is 0 Å². The number of β-amino-alcohol motifs (C(OH)–C–C–N with tert-alkyl or cyclic N) is 1. The van der Waals surface area contributed by atoms with Gasteiger partial charge in [0.25, 0.3) is 5.91 Å². The van der Waals surface area contributed by atoms with Gasteiger partial charge >= 0.3 is 0 Å². The van der Waals surface area contributed by atoms with Gasteiger partial charge in [-0.2, -0.15) is 0 Å². The fourth-order valence-corrected chi connectivity index (χ4v) is 2.45. The third kappa shape index (κ3) is 2.15. The van der Waals surface area contributed by atoms with Crippen molar-refractivity contribution < 1.29 is 14.7 Å². The maximum absolute atomic E-state index is 12.5. The smallest absolute Gasteiger partial charge is 0.278 e. The summed E-state index contributed by atoms with van der Waals surface area (Å²) in [6.07, 6.45) is -0.616. The first kappa shape index (κ1) is 13.0. The number of benzene rings is 1. The van der Waals surface area contributed by atoms with Crippen LogP contribution in [0.4, 0.5) is 0 Å². The van der Waals surface area contributed by atoms with Crippen molar-refractivity contribution in [1.82, 2.24) is 10.0 Å². The van der Waals surface area contributed by atoms with E-state index in [9.17, 15) is 9.90 Å². The van der Waals surface area contributed by atoms with Crippen LogP contribution in [0, 0.1) is 13.8 Å². The fourth-order valence-electron chi connectivity index (χ4n) is 2.45. The van der Waals surface area contributed by atoms with E-state index in [-0.39, 0.29) is 19.1 Å². The molecule has 0 unspecified atom stereocenters. The number of para-hydroxylation sites is 1. The molecule has 5 heteroatoms. The van der Waals surface area contributed by atoms with Crippen LogP contribution in [-0.2, 0) is 4.84 Å². The lowest BCUT2D eigenvalue weighted by Crippen LogP contribution is -2.28. The number of fused-ring (bicyclic) bond motifs is 1. The Labute approximate surface area is 116 Å². The van der Waals surface area contributed by atoms with Gasteiger partial charge in [-0.05, 0) is 25.5 Å². The number of carbonyl (C=O) groups excluding carboxylic acids is 1. The number of rotatable bonds is 1. The summed E-state index contributed by atoms with van der Waals surface area (Å²) < 4.78 is 0. The Morgan fingerprint density at radius 3 is 2.95 bits per heavy atom. The number of hydrogen-bond donors (Lipinski definition) is 1. The molecular weight excluding hydrogens is 256 g/mol. The standard InChI is InChI=1S/C15H16N2O3/c1-9-4-3-5-12-13(6-10(2)16-14(9)12)15(19)17-7-11(18)8-20-17/h3-6,11,18H,7-8H2,1-2H3/t11-/m0/s1. The van der Waals surface area contributed by atoms with Gasteiger partial charge in [-0.15, -0.1) is 0 Å². The highest BCUT2D eigenvalue weighted by molar-refractivity contribution is 6.06. The summed E-state index contributed by atoms with van der Waals surface area (Å²) in [6, 6.07) is 7.52. The minimum atomic E-state index is -0.616. The molecule has 3 rings (SSSR count). The first-order chi connectivity index (χ1) is 9.56. The van der Waals surface area contributed by atoms with Gasteiger partial charge in [-0.25, -0.2) is 5.06 Å². The second kappa shape index (κ2) is 4.85. The van der Waals surface area contributed by atoms with E-state index >= 15 is 0 Å². The minimum Gasteiger partial charge on any atom is -0.389 e. The number of aliphatic hydroxyl groups is 1. The molecule has 0 saturated carbocycles. The van der Waals surface area contributed by atoms with Crippen molar-refractivity contribution in [3.05, 3.63) is 41.1 Å². The molecule has 1 aliphatic heterocycles. The Morgan fingerprint density at radius 1 is 1.45 bits per heavy atom. The molecule has 104 valence electrons. The summed E-state index contributed by atoms with van der Waals surface area (Å²) in [5, 5.41) is 11.5. The maximum Gasteiger partial charge on any atom is 0.278 e. The van der Waals surface area contributed by atoms with Crippen molar-refractivity contribution >= 4 is 16.8 Å². The zero-order chi connectivity index (χ0) is 14.3. The quantitative estimate of drug-likeness (QED) is 0.856. The molecule has 0 bridgehead atoms. The molecule has 5 nitrogen and oxygen atoms in total. The van der Waals surface area contributed by atoms with Gasteiger partial charge in [0, 0.05) is 11.1 Å². The molecule has 1 N–H and O–H groups in total. The molecular formula is C15H16N2O3. The molecule has 20 heavy (non-hydrogen) atoms. The lowest BCUT2D eigenvalue weighted by Gasteiger charge is -2.16. The van der Waals surface area contributed by atoms with E-state index in [1.165, 1.54) is 5.06 Å². The molecule has 1 saturated heterocycles. The topological polar surface area (TPSA) is 62.7 Å². The van der Waals surface area contributed by atoms with Crippen LogP contribution in [0.15, 0.2) is 24.3 Å². The maximum atomic E-state index is 12.5. The second-order valence-electron chi connectivity index (χ2n) is 5.10. The molecule has 1 amide bonds. The van der Waals surface area contributed by atoms with Crippen LogP contribution in [0.25, 0.3) is 10.9 Å². The Balaban J connectivity index is 2.11. The number of aryl methyl sites for hydroxylation is 2. The summed E-state index contributed by atoms with van der Waals surface area (Å²) in [7, 11) is 0. The summed E-state index contributed by atoms with van der Waals surface area (Å²) in [6.45, 7) is 4.20. The van der Waals surface area contributed by atoms with Crippen molar-refractivity contribution in [2.24, 2.45) is 0 Å². The van der Waals surface area contributed by atoms with E-state index < -0.39 is 6.10 Å². The molecule has 1 aromatic heterocycles. The van der Waals surface area contributed by atoms with Crippen molar-refractivity contribution in [2.45, 2.75) is 20.0 Å². The van der Waals surface area contributed by atoms with E-state index in [1.54, 1.807) is 6.07 Å². The van der Waals surface area contributed by atoms with Gasteiger partial charge in [-0.1, -0.05) is 18.2 Å². The molecule has 0 radical (unpaired) electrons. The van der Waals surface area contributed by atoms with Crippen LogP contribution < -0.4 is 0 Å². The number of aliphatic hydroxyl groups excluding tert-OH is 1. The third-order valence-electron chi connectivity index (χ3n) is 3.43. The van der Waals surface area contributed by atoms with E-state index in [0.717, 1.165) is 22.2 Å². The Bertz CT molecular complexity index is 684. The van der Waals surface area contributed by atoms with Crippen molar-refractivity contribution in [2.75, 3.05) is 13.2 Å². The molecule has 1 atom stereocenters. The number of pyridine rings is 1. The monoisotopic (exact) mass is 272 g/mol. The van der Waals surface area contributed by atoms with Gasteiger partial charge in [0.2, 0.25) is 0 Å². The minimum absolute atomic E-state index is 0.159. The van der Waals surface area contributed by atoms with Crippen LogP contribution in [-0.4, -0.2) is 40.3 Å². The Hall–Kier alpha value is -1.98. The number of carbonyl (C=O) groups is 1. The van der Waals surface area contributed by atoms with Crippen molar-refractivity contribution in [3.63, 3.8) is 0 Å². The van der Waals surface area contributed by atoms with Crippen LogP contribution in [0.5, 0.6) is 0 Å². The number of hydrogen-bond acceptors (Lipinski definition) is 4. The average Bonchev–Trinajstić information content (AvgIpc) is 2.85. The van der Waals surface area contributed by atoms with Crippen molar-refractivity contribution in [1.29, 1.82) is 0 Å². The molecule has 0 spiro atoms. The lowest BCUT2D eigenvalue weighted by atomic mass is 10.0. The predicted octanol–water partition coefficient (Wildman–Crippen LogP) is 1.60. The van der Waals surface area contributed by atoms with Gasteiger partial charge in [0.05, 0.1) is 17.6 Å². The molecule has 0 aliphatic carbocycles. The van der Waals surface area contributed by atoms with Gasteiger partial charge < -0.3 is 5.11 Å². The normalized spacial score (nSPS) is 18.8. The van der Waals surface area contributed by atoms with Crippen LogP contribution in [0.1, 0.15) is 21.6 Å². The number of amides is 1. The number of nitrogens with zero attached hydrogens (tertiary/aromatic N) is 2. The van der Waals surface area contributed by atoms with Gasteiger partial charge in [-0.3, -0.25) is 14.6 Å². The molecule has 2 heterocycles. The van der Waals surface area contributed by atoms with Gasteiger partial charge in [0.1, 0.15) is 12.7 Å². The van der Waals surface area contributed by atoms with E-state index in [0.29, 0.717) is 5.56 Å². The lowest BCUT2D eigenvalue weighted by molar-refractivity contribution is -0.0778. The first-order valence-electron chi connectivity index (χ1n) is 6.56. The zero-order valence-electron chi connectivity index (χ0n) is 11.5. The SMILES string of the molecule is Cc1cc(C(=O)N2C[C@H](O)CO2)c2cccc(C)c2n1. The Kier molecular flexibility index (Phi) is 3.16. The summed E-state index contributed by atoms with van der Waals surface area (Å²) in [4.78, 5) is 22.2. The molecule has 1 fully saturated rings. The predicted molar refractivity (Wildman–Crippen MR) is 74.2 cm³/mol. The van der Waals surface area contributed by atoms with Crippen LogP contribution >= 0.6 is 0 Å². The van der Waals surface area contributed by atoms with E-state index in [2.05, 4.69) is 4.98 Å². The van der Waals surface area contributed by atoms with E-state index in [4.69, 9.17) is 4.84 Å². The highest BCUT2D eigenvalue weighted by Gasteiger charge is 2.28. The van der Waals surface area contributed by atoms with Gasteiger partial charge in [0.15, 0.2) is 0 Å². The van der Waals surface area contributed by atoms with E-state index in [1.807, 2.05) is 32.0 Å². The molecule has 2 aromatic rings. The highest BCUT2D eigenvalue weighted by Crippen LogP contribution is 2.23. The fraction of sp³-hybridized carbons (Fsp3) is 0.333. The highest BCUT2D eigenvalue weighted by atomic mass is 16.7. The first-order valence-corrected chi connectivity index (χ1v) is 6.56. The van der Waals surface area contributed by atoms with Crippen LogP contribution in [0.3, 0.4) is 0 Å². The number of hydroxylamine groups is 2. The second-order valence-corrected chi connectivity index (χ2v) is 5.10.